The zero-order valence-electron chi connectivity index (χ0n) is 14.2. The first-order valence-corrected chi connectivity index (χ1v) is 8.60. The van der Waals surface area contributed by atoms with Crippen molar-refractivity contribution in [1.82, 2.24) is 10.6 Å². The van der Waals surface area contributed by atoms with E-state index in [1.54, 1.807) is 0 Å². The van der Waals surface area contributed by atoms with E-state index >= 15 is 0 Å². The molecule has 0 fully saturated rings. The molecule has 1 aliphatic rings. The number of hydrogen-bond acceptors (Lipinski definition) is 3. The van der Waals surface area contributed by atoms with E-state index in [1.165, 1.54) is 5.56 Å². The van der Waals surface area contributed by atoms with Crippen LogP contribution in [-0.2, 0) is 11.3 Å². The smallest absolute Gasteiger partial charge is 0.239 e. The number of rotatable bonds is 4. The summed E-state index contributed by atoms with van der Waals surface area (Å²) in [6.07, 6.45) is 0. The summed E-state index contributed by atoms with van der Waals surface area (Å²) in [6, 6.07) is 15.7. The Bertz CT molecular complexity index is 723. The van der Waals surface area contributed by atoms with E-state index in [-0.39, 0.29) is 24.4 Å². The lowest BCUT2D eigenvalue weighted by Crippen LogP contribution is -2.40. The number of amides is 1. The molecule has 2 N–H and O–H groups in total. The lowest BCUT2D eigenvalue weighted by atomic mass is 10.1. The predicted molar refractivity (Wildman–Crippen MR) is 106 cm³/mol. The fourth-order valence-corrected chi connectivity index (χ4v) is 3.35. The van der Waals surface area contributed by atoms with Gasteiger partial charge < -0.3 is 15.5 Å². The quantitative estimate of drug-likeness (QED) is 0.853. The molecule has 1 aliphatic heterocycles. The van der Waals surface area contributed by atoms with Gasteiger partial charge in [-0.2, -0.15) is 0 Å². The molecular weight excluding hydrogens is 357 g/mol. The Morgan fingerprint density at radius 3 is 2.76 bits per heavy atom. The van der Waals surface area contributed by atoms with Gasteiger partial charge in [-0.05, 0) is 30.2 Å². The molecule has 0 saturated carbocycles. The zero-order valence-corrected chi connectivity index (χ0v) is 15.7. The Morgan fingerprint density at radius 2 is 1.96 bits per heavy atom. The van der Waals surface area contributed by atoms with Crippen LogP contribution in [0.25, 0.3) is 0 Å². The minimum atomic E-state index is -0.119. The Labute approximate surface area is 160 Å². The zero-order chi connectivity index (χ0) is 16.9. The number of para-hydroxylation sites is 1. The topological polar surface area (TPSA) is 44.4 Å². The molecule has 134 valence electrons. The minimum absolute atomic E-state index is 0. The second-order valence-corrected chi connectivity index (χ2v) is 6.44. The molecule has 1 amide bonds. The summed E-state index contributed by atoms with van der Waals surface area (Å²) >= 11 is 6.21. The third-order valence-electron chi connectivity index (χ3n) is 4.29. The Hall–Kier alpha value is -1.75. The lowest BCUT2D eigenvalue weighted by molar-refractivity contribution is -0.120. The summed E-state index contributed by atoms with van der Waals surface area (Å²) in [5.41, 5.74) is 3.29. The fourth-order valence-electron chi connectivity index (χ4n) is 3.06. The monoisotopic (exact) mass is 379 g/mol. The van der Waals surface area contributed by atoms with Crippen LogP contribution >= 0.6 is 24.0 Å². The van der Waals surface area contributed by atoms with Crippen molar-refractivity contribution in [1.29, 1.82) is 0 Å². The molecule has 0 spiro atoms. The lowest BCUT2D eigenvalue weighted by Gasteiger charge is -2.25. The summed E-state index contributed by atoms with van der Waals surface area (Å²) in [6.45, 7) is 4.81. The van der Waals surface area contributed by atoms with Crippen LogP contribution in [-0.4, -0.2) is 25.5 Å². The second kappa shape index (κ2) is 9.09. The minimum Gasteiger partial charge on any atom is -0.361 e. The highest BCUT2D eigenvalue weighted by atomic mass is 35.5. The molecule has 1 heterocycles. The van der Waals surface area contributed by atoms with E-state index in [2.05, 4.69) is 27.7 Å². The van der Waals surface area contributed by atoms with E-state index in [0.29, 0.717) is 11.6 Å². The largest absolute Gasteiger partial charge is 0.361 e. The van der Waals surface area contributed by atoms with Crippen molar-refractivity contribution in [3.63, 3.8) is 0 Å². The molecule has 0 radical (unpaired) electrons. The molecule has 2 aromatic rings. The molecule has 0 bridgehead atoms. The molecule has 0 saturated heterocycles. The van der Waals surface area contributed by atoms with Crippen LogP contribution in [0.3, 0.4) is 0 Å². The first-order chi connectivity index (χ1) is 11.6. The maximum atomic E-state index is 12.5. The van der Waals surface area contributed by atoms with Gasteiger partial charge in [0, 0.05) is 30.3 Å². The molecule has 25 heavy (non-hydrogen) atoms. The number of anilines is 1. The van der Waals surface area contributed by atoms with Crippen molar-refractivity contribution in [3.05, 3.63) is 64.7 Å². The highest BCUT2D eigenvalue weighted by Gasteiger charge is 2.19. The summed E-state index contributed by atoms with van der Waals surface area (Å²) in [5, 5.41) is 7.12. The average molecular weight is 380 g/mol. The van der Waals surface area contributed by atoms with E-state index in [1.807, 2.05) is 43.3 Å². The molecule has 4 nitrogen and oxygen atoms in total. The molecular formula is C19H23Cl2N3O. The van der Waals surface area contributed by atoms with Gasteiger partial charge in [-0.15, -0.1) is 12.4 Å². The normalized spacial score (nSPS) is 14.7. The van der Waals surface area contributed by atoms with Crippen LogP contribution in [0, 0.1) is 0 Å². The van der Waals surface area contributed by atoms with Crippen molar-refractivity contribution in [2.45, 2.75) is 19.5 Å². The number of hydrogen-bond donors (Lipinski definition) is 2. The number of benzene rings is 2. The van der Waals surface area contributed by atoms with Crippen molar-refractivity contribution in [3.8, 4) is 0 Å². The van der Waals surface area contributed by atoms with Crippen molar-refractivity contribution in [2.24, 2.45) is 0 Å². The van der Waals surface area contributed by atoms with Crippen LogP contribution in [0.15, 0.2) is 48.5 Å². The Morgan fingerprint density at radius 1 is 1.24 bits per heavy atom. The molecule has 1 atom stereocenters. The van der Waals surface area contributed by atoms with E-state index in [4.69, 9.17) is 11.6 Å². The molecule has 0 aromatic heterocycles. The van der Waals surface area contributed by atoms with Crippen LogP contribution in [0.4, 0.5) is 5.69 Å². The third-order valence-corrected chi connectivity index (χ3v) is 4.63. The summed E-state index contributed by atoms with van der Waals surface area (Å²) in [4.78, 5) is 14.6. The van der Waals surface area contributed by atoms with Crippen LogP contribution < -0.4 is 15.5 Å². The maximum absolute atomic E-state index is 12.5. The first kappa shape index (κ1) is 19.6. The third kappa shape index (κ3) is 4.88. The van der Waals surface area contributed by atoms with Gasteiger partial charge in [-0.3, -0.25) is 4.79 Å². The van der Waals surface area contributed by atoms with Gasteiger partial charge >= 0.3 is 0 Å². The number of fused-ring (bicyclic) bond motifs is 1. The molecule has 0 aliphatic carbocycles. The van der Waals surface area contributed by atoms with Crippen molar-refractivity contribution < 1.29 is 4.79 Å². The molecule has 1 unspecified atom stereocenters. The van der Waals surface area contributed by atoms with Gasteiger partial charge in [-0.25, -0.2) is 0 Å². The number of nitrogens with one attached hydrogen (secondary N) is 2. The van der Waals surface area contributed by atoms with Gasteiger partial charge in [-0.1, -0.05) is 48.0 Å². The van der Waals surface area contributed by atoms with Crippen LogP contribution in [0.5, 0.6) is 0 Å². The van der Waals surface area contributed by atoms with Crippen molar-refractivity contribution >= 4 is 35.6 Å². The van der Waals surface area contributed by atoms with Crippen LogP contribution in [0.2, 0.25) is 5.02 Å². The van der Waals surface area contributed by atoms with E-state index in [0.717, 1.165) is 30.9 Å². The SMILES string of the molecule is CC(NC(=O)CN1CCNCc2ccccc21)c1ccccc1Cl.Cl. The van der Waals surface area contributed by atoms with E-state index < -0.39 is 0 Å². The molecule has 6 heteroatoms. The Kier molecular flexibility index (Phi) is 7.12. The summed E-state index contributed by atoms with van der Waals surface area (Å²) in [7, 11) is 0. The Balaban J connectivity index is 0.00000225. The number of nitrogens with zero attached hydrogens (tertiary/aromatic N) is 1. The van der Waals surface area contributed by atoms with Gasteiger partial charge in [0.25, 0.3) is 0 Å². The van der Waals surface area contributed by atoms with Crippen molar-refractivity contribution in [2.75, 3.05) is 24.5 Å². The second-order valence-electron chi connectivity index (χ2n) is 6.04. The standard InChI is InChI=1S/C19H22ClN3O.ClH/c1-14(16-7-3-4-8-17(16)20)22-19(24)13-23-11-10-21-12-15-6-2-5-9-18(15)23;/h2-9,14,21H,10-13H2,1H3,(H,22,24);1H. The maximum Gasteiger partial charge on any atom is 0.239 e. The predicted octanol–water partition coefficient (Wildman–Crippen LogP) is 3.55. The summed E-state index contributed by atoms with van der Waals surface area (Å²) < 4.78 is 0. The molecule has 3 rings (SSSR count). The number of carbonyl (C=O) groups excluding carboxylic acids is 1. The fraction of sp³-hybridized carbons (Fsp3) is 0.316. The van der Waals surface area contributed by atoms with Crippen LogP contribution in [0.1, 0.15) is 24.1 Å². The van der Waals surface area contributed by atoms with E-state index in [9.17, 15) is 4.79 Å². The van der Waals surface area contributed by atoms with Gasteiger partial charge in [0.05, 0.1) is 12.6 Å². The molecule has 2 aromatic carbocycles. The van der Waals surface area contributed by atoms with Gasteiger partial charge in [0.2, 0.25) is 5.91 Å². The highest BCUT2D eigenvalue weighted by Crippen LogP contribution is 2.23. The highest BCUT2D eigenvalue weighted by molar-refractivity contribution is 6.31. The van der Waals surface area contributed by atoms with Gasteiger partial charge in [0.1, 0.15) is 0 Å². The average Bonchev–Trinajstić information content (AvgIpc) is 2.78. The summed E-state index contributed by atoms with van der Waals surface area (Å²) in [5.74, 6) is -0.000812. The number of carbonyl (C=O) groups is 1. The number of halogens is 2. The first-order valence-electron chi connectivity index (χ1n) is 8.22. The van der Waals surface area contributed by atoms with Gasteiger partial charge in [0.15, 0.2) is 0 Å².